The molecule has 11 heteroatoms. The summed E-state index contributed by atoms with van der Waals surface area (Å²) in [6, 6.07) is 4.20. The molecule has 0 N–H and O–H groups in total. The number of thiophene rings is 1. The molecule has 0 saturated carbocycles. The van der Waals surface area contributed by atoms with Gasteiger partial charge in [0.05, 0.1) is 11.4 Å². The Kier molecular flexibility index (Phi) is 4.17. The molecule has 3 aromatic heterocycles. The second-order valence-electron chi connectivity index (χ2n) is 5.82. The third kappa shape index (κ3) is 3.42. The fourth-order valence-corrected chi connectivity index (χ4v) is 3.91. The van der Waals surface area contributed by atoms with Crippen LogP contribution in [0, 0.1) is 5.95 Å². The van der Waals surface area contributed by atoms with E-state index in [2.05, 4.69) is 19.6 Å². The Balaban J connectivity index is 1.56. The first kappa shape index (κ1) is 17.6. The molecule has 0 atom stereocenters. The van der Waals surface area contributed by atoms with Crippen LogP contribution in [-0.2, 0) is 19.1 Å². The number of alkyl halides is 3. The van der Waals surface area contributed by atoms with Crippen molar-refractivity contribution in [2.45, 2.75) is 19.1 Å². The highest BCUT2D eigenvalue weighted by Crippen LogP contribution is 2.35. The Morgan fingerprint density at radius 1 is 1.30 bits per heavy atom. The summed E-state index contributed by atoms with van der Waals surface area (Å²) in [7, 11) is 0. The number of amides is 1. The van der Waals surface area contributed by atoms with E-state index in [-0.39, 0.29) is 23.8 Å². The van der Waals surface area contributed by atoms with E-state index in [4.69, 9.17) is 0 Å². The predicted molar refractivity (Wildman–Crippen MR) is 85.3 cm³/mol. The van der Waals surface area contributed by atoms with Crippen molar-refractivity contribution in [1.82, 2.24) is 20.0 Å². The largest absolute Gasteiger partial charge is 0.471 e. The van der Waals surface area contributed by atoms with Crippen molar-refractivity contribution in [2.75, 3.05) is 6.54 Å². The molecule has 0 bridgehead atoms. The summed E-state index contributed by atoms with van der Waals surface area (Å²) in [6.07, 6.45) is -2.96. The van der Waals surface area contributed by atoms with Crippen molar-refractivity contribution >= 4 is 17.2 Å². The minimum Gasteiger partial charge on any atom is -0.333 e. The molecular weight excluding hydrogens is 388 g/mol. The summed E-state index contributed by atoms with van der Waals surface area (Å²) in [5.74, 6) is -2.62. The van der Waals surface area contributed by atoms with Gasteiger partial charge in [-0.25, -0.2) is 4.98 Å². The molecule has 0 unspecified atom stereocenters. The Morgan fingerprint density at radius 2 is 2.11 bits per heavy atom. The maximum atomic E-state index is 13.2. The summed E-state index contributed by atoms with van der Waals surface area (Å²) >= 11 is 1.20. The molecule has 0 radical (unpaired) electrons. The molecule has 4 heterocycles. The van der Waals surface area contributed by atoms with Crippen molar-refractivity contribution in [3.8, 4) is 10.7 Å². The summed E-state index contributed by atoms with van der Waals surface area (Å²) in [5, 5.41) is 3.38. The van der Waals surface area contributed by atoms with Gasteiger partial charge in [0, 0.05) is 29.2 Å². The van der Waals surface area contributed by atoms with Gasteiger partial charge in [0.15, 0.2) is 0 Å². The zero-order chi connectivity index (χ0) is 19.2. The van der Waals surface area contributed by atoms with Crippen LogP contribution < -0.4 is 0 Å². The molecule has 0 fully saturated rings. The summed E-state index contributed by atoms with van der Waals surface area (Å²) < 4.78 is 55.3. The molecule has 0 aromatic carbocycles. The molecule has 1 aliphatic heterocycles. The van der Waals surface area contributed by atoms with Crippen molar-refractivity contribution in [2.24, 2.45) is 0 Å². The van der Waals surface area contributed by atoms with E-state index in [1.165, 1.54) is 23.6 Å². The van der Waals surface area contributed by atoms with E-state index in [0.29, 0.717) is 17.8 Å². The Labute approximate surface area is 153 Å². The lowest BCUT2D eigenvalue weighted by molar-refractivity contribution is -0.159. The van der Waals surface area contributed by atoms with Crippen molar-refractivity contribution in [3.63, 3.8) is 0 Å². The van der Waals surface area contributed by atoms with Crippen LogP contribution in [0.3, 0.4) is 0 Å². The van der Waals surface area contributed by atoms with Gasteiger partial charge in [0.25, 0.3) is 5.91 Å². The number of hydrogen-bond acceptors (Lipinski definition) is 6. The minimum absolute atomic E-state index is 0.143. The lowest BCUT2D eigenvalue weighted by atomic mass is 10.1. The fraction of sp³-hybridized carbons (Fsp3) is 0.250. The van der Waals surface area contributed by atoms with Gasteiger partial charge < -0.3 is 9.42 Å². The normalized spacial score (nSPS) is 14.3. The van der Waals surface area contributed by atoms with Crippen molar-refractivity contribution in [3.05, 3.63) is 52.2 Å². The van der Waals surface area contributed by atoms with Crippen LogP contribution in [0.15, 0.2) is 28.9 Å². The number of carbonyl (C=O) groups excluding carboxylic acids is 1. The molecule has 3 aromatic rings. The lowest BCUT2D eigenvalue weighted by Gasteiger charge is -2.26. The highest BCUT2D eigenvalue weighted by molar-refractivity contribution is 7.15. The molecular formula is C16H10F4N4O2S. The molecule has 140 valence electrons. The summed E-state index contributed by atoms with van der Waals surface area (Å²) in [5.41, 5.74) is 1.11. The van der Waals surface area contributed by atoms with Crippen molar-refractivity contribution < 1.29 is 26.9 Å². The molecule has 1 amide bonds. The van der Waals surface area contributed by atoms with E-state index >= 15 is 0 Å². The number of rotatable bonds is 2. The number of carbonyl (C=O) groups is 1. The maximum Gasteiger partial charge on any atom is 0.471 e. The molecule has 0 aliphatic carbocycles. The number of hydrogen-bond donors (Lipinski definition) is 0. The molecule has 0 saturated heterocycles. The van der Waals surface area contributed by atoms with Gasteiger partial charge in [-0.1, -0.05) is 5.16 Å². The van der Waals surface area contributed by atoms with E-state index in [9.17, 15) is 22.4 Å². The second-order valence-corrected chi connectivity index (χ2v) is 6.96. The van der Waals surface area contributed by atoms with E-state index < -0.39 is 18.0 Å². The van der Waals surface area contributed by atoms with Gasteiger partial charge in [-0.2, -0.15) is 22.5 Å². The second kappa shape index (κ2) is 6.41. The standard InChI is InChI=1S/C16H10F4N4O2S/c17-12-6-9(1-3-21-12)14(25)24-4-2-8-5-10(27-11(8)7-24)13-22-15(26-23-13)16(18,19)20/h1,3,5-6H,2,4,7H2. The SMILES string of the molecule is O=C(c1ccnc(F)c1)N1CCc2cc(-c3noc(C(F)(F)F)n3)sc2C1. The molecule has 27 heavy (non-hydrogen) atoms. The maximum absolute atomic E-state index is 13.2. The number of pyridine rings is 1. The van der Waals surface area contributed by atoms with Crippen LogP contribution in [0.1, 0.15) is 26.7 Å². The van der Waals surface area contributed by atoms with Crippen LogP contribution >= 0.6 is 11.3 Å². The first-order chi connectivity index (χ1) is 12.8. The van der Waals surface area contributed by atoms with Gasteiger partial charge in [-0.15, -0.1) is 11.3 Å². The molecule has 4 rings (SSSR count). The highest BCUT2D eigenvalue weighted by Gasteiger charge is 2.38. The van der Waals surface area contributed by atoms with E-state index in [1.807, 2.05) is 0 Å². The monoisotopic (exact) mass is 398 g/mol. The third-order valence-electron chi connectivity index (χ3n) is 4.03. The van der Waals surface area contributed by atoms with Crippen molar-refractivity contribution in [1.29, 1.82) is 0 Å². The zero-order valence-electron chi connectivity index (χ0n) is 13.5. The quantitative estimate of drug-likeness (QED) is 0.488. The third-order valence-corrected chi connectivity index (χ3v) is 5.19. The Hall–Kier alpha value is -2.82. The molecule has 6 nitrogen and oxygen atoms in total. The Bertz CT molecular complexity index is 1010. The van der Waals surface area contributed by atoms with Crippen LogP contribution in [-0.4, -0.2) is 32.5 Å². The van der Waals surface area contributed by atoms with Gasteiger partial charge >= 0.3 is 12.1 Å². The number of fused-ring (bicyclic) bond motifs is 1. The number of nitrogens with zero attached hydrogens (tertiary/aromatic N) is 4. The predicted octanol–water partition coefficient (Wildman–Crippen LogP) is 3.55. The van der Waals surface area contributed by atoms with E-state index in [0.717, 1.165) is 16.5 Å². The first-order valence-electron chi connectivity index (χ1n) is 7.75. The smallest absolute Gasteiger partial charge is 0.333 e. The molecule has 1 aliphatic rings. The van der Waals surface area contributed by atoms with Gasteiger partial charge in [-0.05, 0) is 24.1 Å². The van der Waals surface area contributed by atoms with Crippen LogP contribution in [0.2, 0.25) is 0 Å². The topological polar surface area (TPSA) is 72.1 Å². The Morgan fingerprint density at radius 3 is 2.81 bits per heavy atom. The summed E-state index contributed by atoms with van der Waals surface area (Å²) in [6.45, 7) is 0.679. The van der Waals surface area contributed by atoms with Crippen LogP contribution in [0.5, 0.6) is 0 Å². The zero-order valence-corrected chi connectivity index (χ0v) is 14.3. The van der Waals surface area contributed by atoms with Crippen LogP contribution in [0.4, 0.5) is 17.6 Å². The number of aromatic nitrogens is 3. The van der Waals surface area contributed by atoms with Gasteiger partial charge in [-0.3, -0.25) is 4.79 Å². The number of halogens is 4. The minimum atomic E-state index is -4.70. The fourth-order valence-electron chi connectivity index (χ4n) is 2.76. The summed E-state index contributed by atoms with van der Waals surface area (Å²) in [4.78, 5) is 22.1. The van der Waals surface area contributed by atoms with Gasteiger partial charge in [0.1, 0.15) is 0 Å². The average molecular weight is 398 g/mol. The molecule has 0 spiro atoms. The van der Waals surface area contributed by atoms with Gasteiger partial charge in [0.2, 0.25) is 11.8 Å². The lowest BCUT2D eigenvalue weighted by Crippen LogP contribution is -2.35. The average Bonchev–Trinajstić information content (AvgIpc) is 3.26. The highest BCUT2D eigenvalue weighted by atomic mass is 32.1. The van der Waals surface area contributed by atoms with E-state index in [1.54, 1.807) is 11.0 Å². The van der Waals surface area contributed by atoms with Crippen LogP contribution in [0.25, 0.3) is 10.7 Å². The first-order valence-corrected chi connectivity index (χ1v) is 8.56.